The average molecular weight is 301 g/mol. The molecule has 1 aliphatic heterocycles. The van der Waals surface area contributed by atoms with E-state index in [1.807, 2.05) is 30.3 Å². The van der Waals surface area contributed by atoms with Crippen molar-refractivity contribution in [3.63, 3.8) is 0 Å². The van der Waals surface area contributed by atoms with Gasteiger partial charge in [0.1, 0.15) is 29.9 Å². The van der Waals surface area contributed by atoms with Crippen LogP contribution in [0.3, 0.4) is 0 Å². The molecule has 1 aromatic rings. The SMILES string of the molecule is NC(S[C@@H]1O[C@H](CO)[C@H](O)[C@H](O)[C@H]1O)c1ccccc1. The van der Waals surface area contributed by atoms with Gasteiger partial charge in [0.05, 0.1) is 12.0 Å². The van der Waals surface area contributed by atoms with Gasteiger partial charge in [-0.2, -0.15) is 0 Å². The van der Waals surface area contributed by atoms with Gasteiger partial charge in [0.15, 0.2) is 0 Å². The molecule has 7 heteroatoms. The highest BCUT2D eigenvalue weighted by atomic mass is 32.2. The van der Waals surface area contributed by atoms with Crippen LogP contribution in [0.4, 0.5) is 0 Å². The van der Waals surface area contributed by atoms with Gasteiger partial charge in [-0.25, -0.2) is 0 Å². The molecule has 1 aliphatic rings. The number of nitrogens with two attached hydrogens (primary N) is 1. The van der Waals surface area contributed by atoms with Gasteiger partial charge in [-0.3, -0.25) is 0 Å². The first-order valence-corrected chi connectivity index (χ1v) is 7.25. The summed E-state index contributed by atoms with van der Waals surface area (Å²) in [7, 11) is 0. The normalized spacial score (nSPS) is 35.8. The molecule has 6 N–H and O–H groups in total. The summed E-state index contributed by atoms with van der Waals surface area (Å²) in [5.74, 6) is 0. The van der Waals surface area contributed by atoms with Crippen LogP contribution < -0.4 is 5.73 Å². The van der Waals surface area contributed by atoms with E-state index in [-0.39, 0.29) is 0 Å². The van der Waals surface area contributed by atoms with Crippen LogP contribution in [0.5, 0.6) is 0 Å². The van der Waals surface area contributed by atoms with Crippen LogP contribution >= 0.6 is 11.8 Å². The summed E-state index contributed by atoms with van der Waals surface area (Å²) >= 11 is 1.13. The van der Waals surface area contributed by atoms with Crippen molar-refractivity contribution in [1.29, 1.82) is 0 Å². The van der Waals surface area contributed by atoms with Crippen molar-refractivity contribution < 1.29 is 25.2 Å². The highest BCUT2D eigenvalue weighted by molar-refractivity contribution is 8.00. The minimum atomic E-state index is -1.37. The van der Waals surface area contributed by atoms with Crippen molar-refractivity contribution in [2.24, 2.45) is 5.73 Å². The van der Waals surface area contributed by atoms with Crippen LogP contribution in [0.25, 0.3) is 0 Å². The number of hydrogen-bond acceptors (Lipinski definition) is 7. The van der Waals surface area contributed by atoms with Crippen molar-refractivity contribution in [3.8, 4) is 0 Å². The average Bonchev–Trinajstić information content (AvgIpc) is 2.48. The van der Waals surface area contributed by atoms with Gasteiger partial charge in [0.25, 0.3) is 0 Å². The fourth-order valence-electron chi connectivity index (χ4n) is 2.05. The van der Waals surface area contributed by atoms with Crippen LogP contribution in [0.15, 0.2) is 30.3 Å². The number of thioether (sulfide) groups is 1. The molecule has 0 spiro atoms. The molecule has 20 heavy (non-hydrogen) atoms. The van der Waals surface area contributed by atoms with E-state index in [2.05, 4.69) is 0 Å². The molecule has 0 aromatic heterocycles. The van der Waals surface area contributed by atoms with Gasteiger partial charge in [0.2, 0.25) is 0 Å². The first-order valence-electron chi connectivity index (χ1n) is 6.31. The largest absolute Gasteiger partial charge is 0.394 e. The molecule has 0 bridgehead atoms. The molecule has 1 fully saturated rings. The summed E-state index contributed by atoms with van der Waals surface area (Å²) in [4.78, 5) is 0. The Labute approximate surface area is 121 Å². The van der Waals surface area contributed by atoms with Gasteiger partial charge in [-0.1, -0.05) is 30.3 Å². The Morgan fingerprint density at radius 2 is 1.75 bits per heavy atom. The molecule has 6 atom stereocenters. The molecule has 1 aromatic carbocycles. The number of ether oxygens (including phenoxy) is 1. The fourth-order valence-corrected chi connectivity index (χ4v) is 3.18. The van der Waals surface area contributed by atoms with Crippen molar-refractivity contribution in [2.75, 3.05) is 6.61 Å². The molecule has 6 nitrogen and oxygen atoms in total. The van der Waals surface area contributed by atoms with Gasteiger partial charge >= 0.3 is 0 Å². The molecular formula is C13H19NO5S. The van der Waals surface area contributed by atoms with E-state index in [4.69, 9.17) is 15.6 Å². The second-order valence-electron chi connectivity index (χ2n) is 4.66. The molecule has 112 valence electrons. The standard InChI is InChI=1S/C13H19NO5S/c14-12(7-4-2-1-3-5-7)20-13-11(18)10(17)9(16)8(6-15)19-13/h1-5,8-13,15-18H,6,14H2/t8-,9+,10+,11-,12?,13+/m1/s1. The van der Waals surface area contributed by atoms with Crippen molar-refractivity contribution in [3.05, 3.63) is 35.9 Å². The summed E-state index contributed by atoms with van der Waals surface area (Å²) in [5, 5.41) is 38.0. The lowest BCUT2D eigenvalue weighted by Crippen LogP contribution is -2.57. The zero-order valence-corrected chi connectivity index (χ0v) is 11.6. The van der Waals surface area contributed by atoms with E-state index in [1.165, 1.54) is 0 Å². The molecular weight excluding hydrogens is 282 g/mol. The quantitative estimate of drug-likeness (QED) is 0.461. The minimum Gasteiger partial charge on any atom is -0.394 e. The summed E-state index contributed by atoms with van der Waals surface area (Å²) in [6, 6.07) is 9.27. The predicted molar refractivity (Wildman–Crippen MR) is 74.7 cm³/mol. The topological polar surface area (TPSA) is 116 Å². The molecule has 0 amide bonds. The molecule has 1 heterocycles. The monoisotopic (exact) mass is 301 g/mol. The summed E-state index contributed by atoms with van der Waals surface area (Å²) in [6.07, 6.45) is -4.90. The summed E-state index contributed by atoms with van der Waals surface area (Å²) in [6.45, 7) is -0.442. The Morgan fingerprint density at radius 3 is 2.35 bits per heavy atom. The minimum absolute atomic E-state index is 0.442. The Morgan fingerprint density at radius 1 is 1.10 bits per heavy atom. The Kier molecular flexibility index (Phi) is 5.39. The van der Waals surface area contributed by atoms with Crippen LogP contribution in [0.1, 0.15) is 10.9 Å². The lowest BCUT2D eigenvalue weighted by molar-refractivity contribution is -0.205. The van der Waals surface area contributed by atoms with Crippen LogP contribution in [-0.2, 0) is 4.74 Å². The van der Waals surface area contributed by atoms with Gasteiger partial charge in [-0.05, 0) is 5.56 Å². The Bertz CT molecular complexity index is 418. The maximum Gasteiger partial charge on any atom is 0.134 e. The number of rotatable bonds is 4. The third-order valence-electron chi connectivity index (χ3n) is 3.26. The predicted octanol–water partition coefficient (Wildman–Crippen LogP) is -0.823. The Balaban J connectivity index is 2.04. The van der Waals surface area contributed by atoms with Crippen molar-refractivity contribution in [1.82, 2.24) is 0 Å². The van der Waals surface area contributed by atoms with Crippen LogP contribution in [0.2, 0.25) is 0 Å². The lowest BCUT2D eigenvalue weighted by atomic mass is 10.0. The second-order valence-corrected chi connectivity index (χ2v) is 5.91. The first kappa shape index (κ1) is 15.7. The fraction of sp³-hybridized carbons (Fsp3) is 0.538. The molecule has 2 rings (SSSR count). The van der Waals surface area contributed by atoms with Crippen LogP contribution in [0, 0.1) is 0 Å². The summed E-state index contributed by atoms with van der Waals surface area (Å²) in [5.41, 5.74) is 6.06. The van der Waals surface area contributed by atoms with E-state index in [9.17, 15) is 15.3 Å². The zero-order valence-electron chi connectivity index (χ0n) is 10.7. The Hall–Kier alpha value is -0.670. The van der Waals surface area contributed by atoms with Gasteiger partial charge in [-0.15, -0.1) is 11.8 Å². The maximum atomic E-state index is 9.92. The third kappa shape index (κ3) is 3.32. The van der Waals surface area contributed by atoms with E-state index in [0.717, 1.165) is 17.3 Å². The smallest absolute Gasteiger partial charge is 0.134 e. The lowest BCUT2D eigenvalue weighted by Gasteiger charge is -2.40. The number of benzene rings is 1. The van der Waals surface area contributed by atoms with E-state index in [0.29, 0.717) is 0 Å². The van der Waals surface area contributed by atoms with Gasteiger partial charge < -0.3 is 30.9 Å². The highest BCUT2D eigenvalue weighted by Gasteiger charge is 2.44. The van der Waals surface area contributed by atoms with Crippen molar-refractivity contribution in [2.45, 2.75) is 35.2 Å². The maximum absolute atomic E-state index is 9.92. The number of aliphatic hydroxyl groups is 4. The van der Waals surface area contributed by atoms with E-state index >= 15 is 0 Å². The molecule has 0 aliphatic carbocycles. The van der Waals surface area contributed by atoms with E-state index in [1.54, 1.807) is 0 Å². The number of aliphatic hydroxyl groups excluding tert-OH is 4. The molecule has 1 saturated heterocycles. The third-order valence-corrected chi connectivity index (χ3v) is 4.48. The number of hydrogen-bond donors (Lipinski definition) is 5. The van der Waals surface area contributed by atoms with E-state index < -0.39 is 41.8 Å². The molecule has 0 radical (unpaired) electrons. The first-order chi connectivity index (χ1) is 9.54. The molecule has 0 saturated carbocycles. The molecule has 1 unspecified atom stereocenters. The second kappa shape index (κ2) is 6.86. The van der Waals surface area contributed by atoms with Gasteiger partial charge in [0, 0.05) is 0 Å². The summed E-state index contributed by atoms with van der Waals surface area (Å²) < 4.78 is 5.40. The highest BCUT2D eigenvalue weighted by Crippen LogP contribution is 2.35. The van der Waals surface area contributed by atoms with Crippen LogP contribution in [-0.4, -0.2) is 56.9 Å². The van der Waals surface area contributed by atoms with Crippen molar-refractivity contribution >= 4 is 11.8 Å². The zero-order chi connectivity index (χ0) is 14.7.